The average Bonchev–Trinajstić information content (AvgIpc) is 1.84. The lowest BCUT2D eigenvalue weighted by Gasteiger charge is -2.14. The zero-order chi connectivity index (χ0) is 9.61. The highest BCUT2D eigenvalue weighted by molar-refractivity contribution is 5.05. The molecule has 72 valence electrons. The molecule has 0 bridgehead atoms. The van der Waals surface area contributed by atoms with Crippen molar-refractivity contribution in [3.8, 4) is 0 Å². The number of nitrogens with two attached hydrogens (primary N) is 1. The van der Waals surface area contributed by atoms with Crippen molar-refractivity contribution in [1.29, 1.82) is 0 Å². The minimum absolute atomic E-state index is 0.286. The number of rotatable bonds is 4. The predicted molar refractivity (Wildman–Crippen MR) is 55.1 cm³/mol. The van der Waals surface area contributed by atoms with Crippen molar-refractivity contribution >= 4 is 0 Å². The minimum Gasteiger partial charge on any atom is -0.329 e. The van der Waals surface area contributed by atoms with Crippen LogP contribution in [-0.2, 0) is 0 Å². The lowest BCUT2D eigenvalue weighted by atomic mass is 9.94. The SMILES string of the molecule is C/C(=C\C(C)(C)C)CNCCN. The van der Waals surface area contributed by atoms with E-state index in [0.717, 1.165) is 13.1 Å². The molecule has 0 aliphatic heterocycles. The first-order valence-electron chi connectivity index (χ1n) is 4.55. The summed E-state index contributed by atoms with van der Waals surface area (Å²) >= 11 is 0. The van der Waals surface area contributed by atoms with Crippen LogP contribution in [0.1, 0.15) is 27.7 Å². The Labute approximate surface area is 76.2 Å². The topological polar surface area (TPSA) is 38.0 Å². The summed E-state index contributed by atoms with van der Waals surface area (Å²) in [7, 11) is 0. The molecular weight excluding hydrogens is 148 g/mol. The molecule has 0 aromatic carbocycles. The Kier molecular flexibility index (Phi) is 5.18. The molecule has 0 saturated heterocycles. The summed E-state index contributed by atoms with van der Waals surface area (Å²) in [5, 5.41) is 3.26. The maximum Gasteiger partial charge on any atom is 0.0162 e. The van der Waals surface area contributed by atoms with Crippen LogP contribution in [0.4, 0.5) is 0 Å². The third-order valence-corrected chi connectivity index (χ3v) is 1.40. The van der Waals surface area contributed by atoms with Crippen molar-refractivity contribution in [1.82, 2.24) is 5.32 Å². The fourth-order valence-corrected chi connectivity index (χ4v) is 1.18. The van der Waals surface area contributed by atoms with Crippen LogP contribution in [0.25, 0.3) is 0 Å². The molecule has 2 heteroatoms. The number of hydrogen-bond donors (Lipinski definition) is 2. The molecule has 0 saturated carbocycles. The highest BCUT2D eigenvalue weighted by Gasteiger charge is 2.05. The van der Waals surface area contributed by atoms with Gasteiger partial charge in [-0.25, -0.2) is 0 Å². The highest BCUT2D eigenvalue weighted by atomic mass is 14.9. The maximum absolute atomic E-state index is 5.36. The van der Waals surface area contributed by atoms with Crippen molar-refractivity contribution in [2.45, 2.75) is 27.7 Å². The van der Waals surface area contributed by atoms with Crippen molar-refractivity contribution in [2.75, 3.05) is 19.6 Å². The van der Waals surface area contributed by atoms with Gasteiger partial charge in [0.05, 0.1) is 0 Å². The van der Waals surface area contributed by atoms with Crippen LogP contribution in [0.15, 0.2) is 11.6 Å². The second-order valence-electron chi connectivity index (χ2n) is 4.32. The Morgan fingerprint density at radius 3 is 2.42 bits per heavy atom. The Hall–Kier alpha value is -0.340. The van der Waals surface area contributed by atoms with Crippen LogP contribution in [0.2, 0.25) is 0 Å². The van der Waals surface area contributed by atoms with Gasteiger partial charge < -0.3 is 11.1 Å². The molecule has 0 fully saturated rings. The zero-order valence-corrected chi connectivity index (χ0v) is 8.78. The lowest BCUT2D eigenvalue weighted by molar-refractivity contribution is 0.536. The molecule has 0 unspecified atom stereocenters. The van der Waals surface area contributed by atoms with E-state index in [-0.39, 0.29) is 5.41 Å². The van der Waals surface area contributed by atoms with Crippen molar-refractivity contribution in [3.63, 3.8) is 0 Å². The first-order valence-corrected chi connectivity index (χ1v) is 4.55. The molecule has 0 amide bonds. The second kappa shape index (κ2) is 5.33. The summed E-state index contributed by atoms with van der Waals surface area (Å²) in [5.41, 5.74) is 7.03. The van der Waals surface area contributed by atoms with Gasteiger partial charge in [-0.15, -0.1) is 0 Å². The van der Waals surface area contributed by atoms with Gasteiger partial charge in [0.25, 0.3) is 0 Å². The van der Waals surface area contributed by atoms with Crippen molar-refractivity contribution < 1.29 is 0 Å². The van der Waals surface area contributed by atoms with Gasteiger partial charge in [0, 0.05) is 19.6 Å². The second-order valence-corrected chi connectivity index (χ2v) is 4.32. The van der Waals surface area contributed by atoms with Gasteiger partial charge in [0.1, 0.15) is 0 Å². The normalized spacial score (nSPS) is 13.6. The van der Waals surface area contributed by atoms with Gasteiger partial charge in [-0.1, -0.05) is 32.4 Å². The molecular formula is C10H22N2. The molecule has 0 rings (SSSR count). The quantitative estimate of drug-likeness (QED) is 0.496. The fourth-order valence-electron chi connectivity index (χ4n) is 1.18. The molecule has 12 heavy (non-hydrogen) atoms. The average molecular weight is 170 g/mol. The molecule has 3 N–H and O–H groups in total. The van der Waals surface area contributed by atoms with Crippen molar-refractivity contribution in [3.05, 3.63) is 11.6 Å². The van der Waals surface area contributed by atoms with Crippen LogP contribution in [0, 0.1) is 5.41 Å². The van der Waals surface area contributed by atoms with Gasteiger partial charge >= 0.3 is 0 Å². The maximum atomic E-state index is 5.36. The fraction of sp³-hybridized carbons (Fsp3) is 0.800. The Bertz CT molecular complexity index is 142. The van der Waals surface area contributed by atoms with Gasteiger partial charge in [0.2, 0.25) is 0 Å². The van der Waals surface area contributed by atoms with Crippen LogP contribution < -0.4 is 11.1 Å². The van der Waals surface area contributed by atoms with E-state index in [4.69, 9.17) is 5.73 Å². The molecule has 0 aromatic heterocycles. The minimum atomic E-state index is 0.286. The van der Waals surface area contributed by atoms with Crippen LogP contribution in [-0.4, -0.2) is 19.6 Å². The smallest absolute Gasteiger partial charge is 0.0162 e. The third kappa shape index (κ3) is 7.76. The number of nitrogens with one attached hydrogen (secondary N) is 1. The summed E-state index contributed by atoms with van der Waals surface area (Å²) in [6.07, 6.45) is 2.29. The van der Waals surface area contributed by atoms with E-state index in [9.17, 15) is 0 Å². The van der Waals surface area contributed by atoms with E-state index in [0.29, 0.717) is 6.54 Å². The Balaban J connectivity index is 3.71. The van der Waals surface area contributed by atoms with Crippen molar-refractivity contribution in [2.24, 2.45) is 11.1 Å². The molecule has 0 radical (unpaired) electrons. The van der Waals surface area contributed by atoms with Crippen LogP contribution in [0.5, 0.6) is 0 Å². The monoisotopic (exact) mass is 170 g/mol. The zero-order valence-electron chi connectivity index (χ0n) is 8.78. The molecule has 0 aromatic rings. The van der Waals surface area contributed by atoms with E-state index in [1.807, 2.05) is 0 Å². The van der Waals surface area contributed by atoms with E-state index in [1.54, 1.807) is 0 Å². The summed E-state index contributed by atoms with van der Waals surface area (Å²) < 4.78 is 0. The molecule has 0 heterocycles. The largest absolute Gasteiger partial charge is 0.329 e. The first kappa shape index (κ1) is 11.7. The molecule has 0 aliphatic carbocycles. The standard InChI is InChI=1S/C10H22N2/c1-9(7-10(2,3)4)8-12-6-5-11/h7,12H,5-6,8,11H2,1-4H3/b9-7+. The summed E-state index contributed by atoms with van der Waals surface area (Å²) in [6, 6.07) is 0. The van der Waals surface area contributed by atoms with Gasteiger partial charge in [-0.05, 0) is 12.3 Å². The van der Waals surface area contributed by atoms with Gasteiger partial charge in [-0.3, -0.25) is 0 Å². The third-order valence-electron chi connectivity index (χ3n) is 1.40. The predicted octanol–water partition coefficient (Wildman–Crippen LogP) is 1.53. The van der Waals surface area contributed by atoms with E-state index < -0.39 is 0 Å². The Morgan fingerprint density at radius 2 is 2.00 bits per heavy atom. The first-order chi connectivity index (χ1) is 5.45. The van der Waals surface area contributed by atoms with Gasteiger partial charge in [0.15, 0.2) is 0 Å². The number of hydrogen-bond acceptors (Lipinski definition) is 2. The van der Waals surface area contributed by atoms with E-state index in [1.165, 1.54) is 5.57 Å². The van der Waals surface area contributed by atoms with Crippen LogP contribution >= 0.6 is 0 Å². The highest BCUT2D eigenvalue weighted by Crippen LogP contribution is 2.16. The summed E-state index contributed by atoms with van der Waals surface area (Å²) in [5.74, 6) is 0. The Morgan fingerprint density at radius 1 is 1.42 bits per heavy atom. The summed E-state index contributed by atoms with van der Waals surface area (Å²) in [6.45, 7) is 11.3. The number of allylic oxidation sites excluding steroid dienone is 1. The molecule has 0 atom stereocenters. The van der Waals surface area contributed by atoms with Gasteiger partial charge in [-0.2, -0.15) is 0 Å². The van der Waals surface area contributed by atoms with E-state index >= 15 is 0 Å². The molecule has 2 nitrogen and oxygen atoms in total. The lowest BCUT2D eigenvalue weighted by Crippen LogP contribution is -2.24. The van der Waals surface area contributed by atoms with Crippen LogP contribution in [0.3, 0.4) is 0 Å². The molecule has 0 aliphatic rings. The summed E-state index contributed by atoms with van der Waals surface area (Å²) in [4.78, 5) is 0. The van der Waals surface area contributed by atoms with E-state index in [2.05, 4.69) is 39.1 Å². The molecule has 0 spiro atoms.